The largest absolute Gasteiger partial charge is 0.493 e. The molecule has 0 saturated carbocycles. The highest BCUT2D eigenvalue weighted by Gasteiger charge is 2.04. The average Bonchev–Trinajstić information content (AvgIpc) is 2.46. The number of benzene rings is 1. The Hall–Kier alpha value is -2.30. The van der Waals surface area contributed by atoms with Crippen molar-refractivity contribution in [1.29, 1.82) is 0 Å². The number of rotatable bonds is 8. The first-order chi connectivity index (χ1) is 10.1. The highest BCUT2D eigenvalue weighted by atomic mass is 16.5. The Morgan fingerprint density at radius 1 is 1.29 bits per heavy atom. The van der Waals surface area contributed by atoms with Gasteiger partial charge in [0.2, 0.25) is 5.91 Å². The van der Waals surface area contributed by atoms with Crippen LogP contribution in [-0.4, -0.2) is 32.0 Å². The van der Waals surface area contributed by atoms with Crippen LogP contribution in [0.1, 0.15) is 25.8 Å². The summed E-state index contributed by atoms with van der Waals surface area (Å²) in [5, 5.41) is 2.64. The summed E-state index contributed by atoms with van der Waals surface area (Å²) in [6, 6.07) is 5.44. The fourth-order valence-electron chi connectivity index (χ4n) is 1.66. The molecule has 0 heterocycles. The topological polar surface area (TPSA) is 64.6 Å². The van der Waals surface area contributed by atoms with Crippen LogP contribution in [-0.2, 0) is 9.59 Å². The van der Waals surface area contributed by atoms with E-state index in [2.05, 4.69) is 5.32 Å². The van der Waals surface area contributed by atoms with Crippen molar-refractivity contribution in [2.45, 2.75) is 20.3 Å². The molecule has 1 rings (SSSR count). The summed E-state index contributed by atoms with van der Waals surface area (Å²) in [5.74, 6) is 1.11. The smallest absolute Gasteiger partial charge is 0.244 e. The van der Waals surface area contributed by atoms with Crippen molar-refractivity contribution in [1.82, 2.24) is 5.32 Å². The molecule has 21 heavy (non-hydrogen) atoms. The van der Waals surface area contributed by atoms with E-state index in [1.165, 1.54) is 13.0 Å². The number of ketones is 1. The molecule has 0 bridgehead atoms. The van der Waals surface area contributed by atoms with E-state index in [1.54, 1.807) is 25.3 Å². The molecule has 0 aliphatic carbocycles. The van der Waals surface area contributed by atoms with Crippen LogP contribution in [0.25, 0.3) is 6.08 Å². The number of ether oxygens (including phenoxy) is 2. The molecule has 1 aromatic rings. The number of Topliss-reactive ketones (excluding diaryl/α,β-unsaturated/α-hetero) is 1. The Balaban J connectivity index is 2.63. The summed E-state index contributed by atoms with van der Waals surface area (Å²) in [4.78, 5) is 22.3. The second-order valence-corrected chi connectivity index (χ2v) is 4.42. The second-order valence-electron chi connectivity index (χ2n) is 4.42. The van der Waals surface area contributed by atoms with E-state index in [0.717, 1.165) is 5.56 Å². The van der Waals surface area contributed by atoms with Crippen LogP contribution < -0.4 is 14.8 Å². The van der Waals surface area contributed by atoms with Crippen LogP contribution in [0.5, 0.6) is 11.5 Å². The molecule has 1 amide bonds. The molecule has 0 aliphatic rings. The Labute approximate surface area is 124 Å². The van der Waals surface area contributed by atoms with Gasteiger partial charge in [-0.3, -0.25) is 9.59 Å². The zero-order valence-electron chi connectivity index (χ0n) is 12.6. The lowest BCUT2D eigenvalue weighted by Gasteiger charge is -2.09. The molecule has 0 fully saturated rings. The van der Waals surface area contributed by atoms with Gasteiger partial charge in [-0.1, -0.05) is 6.07 Å². The van der Waals surface area contributed by atoms with Crippen LogP contribution in [0, 0.1) is 0 Å². The molecule has 0 unspecified atom stereocenters. The SMILES string of the molecule is CCOc1ccc(/C=C/C(=O)NCCC(C)=O)cc1OC. The molecule has 0 saturated heterocycles. The highest BCUT2D eigenvalue weighted by Crippen LogP contribution is 2.28. The normalized spacial score (nSPS) is 10.4. The maximum Gasteiger partial charge on any atom is 0.244 e. The fourth-order valence-corrected chi connectivity index (χ4v) is 1.66. The molecule has 5 nitrogen and oxygen atoms in total. The minimum Gasteiger partial charge on any atom is -0.493 e. The van der Waals surface area contributed by atoms with Gasteiger partial charge in [-0.15, -0.1) is 0 Å². The van der Waals surface area contributed by atoms with Crippen LogP contribution in [0.2, 0.25) is 0 Å². The molecule has 1 N–H and O–H groups in total. The highest BCUT2D eigenvalue weighted by molar-refractivity contribution is 5.92. The monoisotopic (exact) mass is 291 g/mol. The van der Waals surface area contributed by atoms with Crippen LogP contribution in [0.15, 0.2) is 24.3 Å². The molecule has 0 aliphatic heterocycles. The minimum absolute atomic E-state index is 0.0514. The van der Waals surface area contributed by atoms with Gasteiger partial charge in [0.1, 0.15) is 5.78 Å². The number of hydrogen-bond donors (Lipinski definition) is 1. The summed E-state index contributed by atoms with van der Waals surface area (Å²) < 4.78 is 10.7. The second kappa shape index (κ2) is 8.79. The average molecular weight is 291 g/mol. The Morgan fingerprint density at radius 3 is 2.67 bits per heavy atom. The first kappa shape index (κ1) is 16.8. The van der Waals surface area contributed by atoms with E-state index < -0.39 is 0 Å². The predicted molar refractivity (Wildman–Crippen MR) is 81.5 cm³/mol. The van der Waals surface area contributed by atoms with Crippen molar-refractivity contribution in [2.24, 2.45) is 0 Å². The van der Waals surface area contributed by atoms with Crippen LogP contribution in [0.4, 0.5) is 0 Å². The molecular weight excluding hydrogens is 270 g/mol. The zero-order valence-corrected chi connectivity index (χ0v) is 12.6. The first-order valence-electron chi connectivity index (χ1n) is 6.83. The predicted octanol–water partition coefficient (Wildman–Crippen LogP) is 2.20. The molecule has 0 radical (unpaired) electrons. The zero-order chi connectivity index (χ0) is 15.7. The lowest BCUT2D eigenvalue weighted by molar-refractivity contribution is -0.117. The van der Waals surface area contributed by atoms with Gasteiger partial charge in [0.05, 0.1) is 13.7 Å². The van der Waals surface area contributed by atoms with Crippen LogP contribution >= 0.6 is 0 Å². The van der Waals surface area contributed by atoms with Crippen molar-refractivity contribution in [2.75, 3.05) is 20.3 Å². The van der Waals surface area contributed by atoms with E-state index in [-0.39, 0.29) is 11.7 Å². The van der Waals surface area contributed by atoms with Gasteiger partial charge in [0.25, 0.3) is 0 Å². The number of methoxy groups -OCH3 is 1. The quantitative estimate of drug-likeness (QED) is 0.746. The standard InChI is InChI=1S/C16H21NO4/c1-4-21-14-7-5-13(11-15(14)20-3)6-8-16(19)17-10-9-12(2)18/h5-8,11H,4,9-10H2,1-3H3,(H,17,19)/b8-6+. The van der Waals surface area contributed by atoms with Crippen molar-refractivity contribution < 1.29 is 19.1 Å². The Morgan fingerprint density at radius 2 is 2.05 bits per heavy atom. The number of carbonyl (C=O) groups excluding carboxylic acids is 2. The first-order valence-corrected chi connectivity index (χ1v) is 6.83. The Kier molecular flexibility index (Phi) is 7.01. The Bertz CT molecular complexity index is 523. The lowest BCUT2D eigenvalue weighted by Crippen LogP contribution is -2.23. The number of amides is 1. The van der Waals surface area contributed by atoms with Gasteiger partial charge >= 0.3 is 0 Å². The van der Waals surface area contributed by atoms with E-state index in [4.69, 9.17) is 9.47 Å². The van der Waals surface area contributed by atoms with E-state index in [9.17, 15) is 9.59 Å². The van der Waals surface area contributed by atoms with Gasteiger partial charge in [-0.05, 0) is 37.6 Å². The van der Waals surface area contributed by atoms with Crippen molar-refractivity contribution in [3.8, 4) is 11.5 Å². The molecule has 114 valence electrons. The molecule has 5 heteroatoms. The van der Waals surface area contributed by atoms with Gasteiger partial charge < -0.3 is 14.8 Å². The van der Waals surface area contributed by atoms with Crippen molar-refractivity contribution in [3.05, 3.63) is 29.8 Å². The fraction of sp³-hybridized carbons (Fsp3) is 0.375. The third-order valence-electron chi connectivity index (χ3n) is 2.69. The van der Waals surface area contributed by atoms with Gasteiger partial charge in [-0.25, -0.2) is 0 Å². The minimum atomic E-state index is -0.232. The summed E-state index contributed by atoms with van der Waals surface area (Å²) in [7, 11) is 1.57. The molecule has 0 atom stereocenters. The van der Waals surface area contributed by atoms with E-state index in [0.29, 0.717) is 31.1 Å². The maximum absolute atomic E-state index is 11.6. The molecule has 0 aromatic heterocycles. The number of nitrogens with one attached hydrogen (secondary N) is 1. The van der Waals surface area contributed by atoms with Crippen molar-refractivity contribution in [3.63, 3.8) is 0 Å². The van der Waals surface area contributed by atoms with E-state index in [1.807, 2.05) is 13.0 Å². The van der Waals surface area contributed by atoms with Gasteiger partial charge in [-0.2, -0.15) is 0 Å². The van der Waals surface area contributed by atoms with Gasteiger partial charge in [0.15, 0.2) is 11.5 Å². The third-order valence-corrected chi connectivity index (χ3v) is 2.69. The maximum atomic E-state index is 11.6. The molecule has 1 aromatic carbocycles. The number of hydrogen-bond acceptors (Lipinski definition) is 4. The molecular formula is C16H21NO4. The van der Waals surface area contributed by atoms with Crippen LogP contribution in [0.3, 0.4) is 0 Å². The summed E-state index contributed by atoms with van der Waals surface area (Å²) in [6.07, 6.45) is 3.45. The number of carbonyl (C=O) groups is 2. The lowest BCUT2D eigenvalue weighted by atomic mass is 10.2. The molecule has 0 spiro atoms. The van der Waals surface area contributed by atoms with Crippen molar-refractivity contribution >= 4 is 17.8 Å². The summed E-state index contributed by atoms with van der Waals surface area (Å²) in [6.45, 7) is 4.31. The van der Waals surface area contributed by atoms with E-state index >= 15 is 0 Å². The van der Waals surface area contributed by atoms with Gasteiger partial charge in [0, 0.05) is 19.0 Å². The summed E-state index contributed by atoms with van der Waals surface area (Å²) in [5.41, 5.74) is 0.831. The summed E-state index contributed by atoms with van der Waals surface area (Å²) >= 11 is 0. The third kappa shape index (κ3) is 6.12.